The largest absolute Gasteiger partial charge is 0.494 e. The number of hydrogen-bond donors (Lipinski definition) is 1. The van der Waals surface area contributed by atoms with Crippen molar-refractivity contribution in [3.05, 3.63) is 29.8 Å². The van der Waals surface area contributed by atoms with Crippen molar-refractivity contribution < 1.29 is 22.8 Å². The maximum atomic E-state index is 13.5. The van der Waals surface area contributed by atoms with Crippen LogP contribution in [0.4, 0.5) is 0 Å². The molecule has 1 aromatic rings. The second-order valence-electron chi connectivity index (χ2n) is 10.8. The molecule has 2 aliphatic rings. The molecule has 2 unspecified atom stereocenters. The molecule has 1 N–H and O–H groups in total. The molecule has 2 fully saturated rings. The number of hydrogen-bond acceptors (Lipinski definition) is 5. The van der Waals surface area contributed by atoms with Crippen LogP contribution in [0.15, 0.2) is 24.3 Å². The van der Waals surface area contributed by atoms with Crippen LogP contribution in [0.1, 0.15) is 85.8 Å². The zero-order chi connectivity index (χ0) is 23.2. The molecule has 0 radical (unpaired) electrons. The lowest BCUT2D eigenvalue weighted by atomic mass is 9.78. The summed E-state index contributed by atoms with van der Waals surface area (Å²) in [7, 11) is -3.99. The number of aliphatic hydroxyl groups excluding tert-OH is 1. The first-order valence-electron chi connectivity index (χ1n) is 11.3. The summed E-state index contributed by atoms with van der Waals surface area (Å²) in [5.74, 6) is 0. The molecule has 1 aromatic carbocycles. The highest BCUT2D eigenvalue weighted by Gasteiger charge is 2.52. The van der Waals surface area contributed by atoms with E-state index in [1.165, 1.54) is 0 Å². The average Bonchev–Trinajstić information content (AvgIpc) is 2.88. The number of piperidine rings is 1. The maximum Gasteiger partial charge on any atom is 0.494 e. The van der Waals surface area contributed by atoms with E-state index in [1.54, 1.807) is 25.1 Å². The van der Waals surface area contributed by atoms with E-state index in [2.05, 4.69) is 0 Å². The van der Waals surface area contributed by atoms with Crippen LogP contribution < -0.4 is 5.46 Å². The van der Waals surface area contributed by atoms with Gasteiger partial charge in [0, 0.05) is 12.6 Å². The van der Waals surface area contributed by atoms with Gasteiger partial charge in [-0.1, -0.05) is 24.3 Å². The fraction of sp³-hybridized carbons (Fsp3) is 0.739. The van der Waals surface area contributed by atoms with E-state index in [4.69, 9.17) is 9.31 Å². The molecule has 2 saturated heterocycles. The van der Waals surface area contributed by atoms with Gasteiger partial charge in [0.15, 0.2) is 0 Å². The van der Waals surface area contributed by atoms with Crippen molar-refractivity contribution in [2.75, 3.05) is 6.61 Å². The Labute approximate surface area is 188 Å². The van der Waals surface area contributed by atoms with Gasteiger partial charge in [-0.15, -0.1) is 0 Å². The third-order valence-corrected chi connectivity index (χ3v) is 9.70. The lowest BCUT2D eigenvalue weighted by molar-refractivity contribution is 0.00578. The van der Waals surface area contributed by atoms with Crippen LogP contribution in [-0.2, 0) is 19.3 Å². The minimum atomic E-state index is -3.55. The van der Waals surface area contributed by atoms with E-state index in [1.807, 2.05) is 52.0 Å². The normalized spacial score (nSPS) is 26.9. The molecule has 0 saturated carbocycles. The molecule has 0 spiro atoms. The number of nitrogens with zero attached hydrogens (tertiary/aromatic N) is 1. The first-order chi connectivity index (χ1) is 14.2. The fourth-order valence-corrected chi connectivity index (χ4v) is 6.12. The Bertz CT molecular complexity index is 858. The van der Waals surface area contributed by atoms with Crippen LogP contribution in [0.5, 0.6) is 0 Å². The number of benzene rings is 1. The SMILES string of the molecule is CC1(C)OB(c2ccc(C3CCCC(CCO)N3S(=O)(=O)C(C)(C)C)cc2)OC1(C)C. The van der Waals surface area contributed by atoms with Gasteiger partial charge in [0.25, 0.3) is 0 Å². The predicted molar refractivity (Wildman–Crippen MR) is 125 cm³/mol. The van der Waals surface area contributed by atoms with E-state index in [0.717, 1.165) is 30.3 Å². The van der Waals surface area contributed by atoms with Gasteiger partial charge in [-0.3, -0.25) is 0 Å². The molecule has 2 heterocycles. The molecule has 31 heavy (non-hydrogen) atoms. The summed E-state index contributed by atoms with van der Waals surface area (Å²) in [6.45, 7) is 13.3. The Morgan fingerprint density at radius 3 is 2.10 bits per heavy atom. The molecular formula is C23H38BNO5S. The van der Waals surface area contributed by atoms with E-state index in [9.17, 15) is 13.5 Å². The third-order valence-electron chi connectivity index (χ3n) is 7.04. The van der Waals surface area contributed by atoms with E-state index < -0.39 is 33.1 Å². The van der Waals surface area contributed by atoms with Gasteiger partial charge >= 0.3 is 7.12 Å². The molecule has 8 heteroatoms. The highest BCUT2D eigenvalue weighted by Crippen LogP contribution is 2.41. The maximum absolute atomic E-state index is 13.5. The Hall–Kier alpha value is -0.925. The van der Waals surface area contributed by atoms with Crippen molar-refractivity contribution in [2.24, 2.45) is 0 Å². The zero-order valence-corrected chi connectivity index (χ0v) is 20.8. The van der Waals surface area contributed by atoms with Gasteiger partial charge in [-0.05, 0) is 85.2 Å². The lowest BCUT2D eigenvalue weighted by Gasteiger charge is -2.44. The Morgan fingerprint density at radius 1 is 1.06 bits per heavy atom. The molecule has 174 valence electrons. The number of sulfonamides is 1. The van der Waals surface area contributed by atoms with Crippen LogP contribution in [0, 0.1) is 0 Å². The summed E-state index contributed by atoms with van der Waals surface area (Å²) in [5.41, 5.74) is 1.08. The first kappa shape index (κ1) is 24.7. The van der Waals surface area contributed by atoms with E-state index in [0.29, 0.717) is 6.42 Å². The summed E-state index contributed by atoms with van der Waals surface area (Å²) >= 11 is 0. The molecule has 0 bridgehead atoms. The van der Waals surface area contributed by atoms with Crippen LogP contribution in [0.25, 0.3) is 0 Å². The van der Waals surface area contributed by atoms with Gasteiger partial charge in [0.1, 0.15) is 0 Å². The Balaban J connectivity index is 1.91. The van der Waals surface area contributed by atoms with Crippen molar-refractivity contribution >= 4 is 22.6 Å². The highest BCUT2D eigenvalue weighted by atomic mass is 32.2. The van der Waals surface area contributed by atoms with Crippen molar-refractivity contribution in [2.45, 2.75) is 102 Å². The standard InChI is InChI=1S/C23H38BNO5S/c1-21(2,3)31(27,28)25-19(15-16-26)9-8-10-20(25)17-11-13-18(14-12-17)24-29-22(4,5)23(6,7)30-24/h11-14,19-20,26H,8-10,15-16H2,1-7H3. The van der Waals surface area contributed by atoms with Crippen LogP contribution in [0.2, 0.25) is 0 Å². The number of aliphatic hydroxyl groups is 1. The predicted octanol–water partition coefficient (Wildman–Crippen LogP) is 3.39. The van der Waals surface area contributed by atoms with Crippen LogP contribution in [0.3, 0.4) is 0 Å². The average molecular weight is 451 g/mol. The van der Waals surface area contributed by atoms with Crippen molar-refractivity contribution in [3.63, 3.8) is 0 Å². The third kappa shape index (κ3) is 4.60. The molecule has 0 aromatic heterocycles. The second kappa shape index (κ2) is 8.45. The zero-order valence-electron chi connectivity index (χ0n) is 20.0. The smallest absolute Gasteiger partial charge is 0.399 e. The fourth-order valence-electron chi connectivity index (χ4n) is 4.32. The molecule has 2 aliphatic heterocycles. The molecular weight excluding hydrogens is 413 g/mol. The molecule has 0 aliphatic carbocycles. The van der Waals surface area contributed by atoms with Gasteiger partial charge in [-0.25, -0.2) is 8.42 Å². The first-order valence-corrected chi connectivity index (χ1v) is 12.7. The topological polar surface area (TPSA) is 76.1 Å². The quantitative estimate of drug-likeness (QED) is 0.695. The van der Waals surface area contributed by atoms with Crippen molar-refractivity contribution in [1.29, 1.82) is 0 Å². The number of rotatable bonds is 5. The van der Waals surface area contributed by atoms with Crippen LogP contribution >= 0.6 is 0 Å². The Morgan fingerprint density at radius 2 is 1.61 bits per heavy atom. The summed E-state index contributed by atoms with van der Waals surface area (Å²) in [5, 5.41) is 9.55. The highest BCUT2D eigenvalue weighted by molar-refractivity contribution is 7.90. The van der Waals surface area contributed by atoms with Crippen molar-refractivity contribution in [1.82, 2.24) is 4.31 Å². The molecule has 3 rings (SSSR count). The molecule has 6 nitrogen and oxygen atoms in total. The van der Waals surface area contributed by atoms with Crippen molar-refractivity contribution in [3.8, 4) is 0 Å². The summed E-state index contributed by atoms with van der Waals surface area (Å²) in [6, 6.07) is 7.54. The lowest BCUT2D eigenvalue weighted by Crippen LogP contribution is -2.52. The van der Waals surface area contributed by atoms with Gasteiger partial charge in [0.2, 0.25) is 10.0 Å². The minimum absolute atomic E-state index is 0.0194. The second-order valence-corrected chi connectivity index (χ2v) is 13.4. The monoisotopic (exact) mass is 451 g/mol. The molecule has 2 atom stereocenters. The molecule has 0 amide bonds. The van der Waals surface area contributed by atoms with Gasteiger partial charge in [0.05, 0.1) is 22.0 Å². The summed E-state index contributed by atoms with van der Waals surface area (Å²) < 4.78 is 40.1. The van der Waals surface area contributed by atoms with Gasteiger partial charge < -0.3 is 14.4 Å². The summed E-state index contributed by atoms with van der Waals surface area (Å²) in [6.07, 6.45) is 2.94. The van der Waals surface area contributed by atoms with Gasteiger partial charge in [-0.2, -0.15) is 4.31 Å². The minimum Gasteiger partial charge on any atom is -0.399 e. The van der Waals surface area contributed by atoms with E-state index in [-0.39, 0.29) is 18.7 Å². The van der Waals surface area contributed by atoms with Crippen LogP contribution in [-0.4, -0.2) is 53.5 Å². The summed E-state index contributed by atoms with van der Waals surface area (Å²) in [4.78, 5) is 0. The van der Waals surface area contributed by atoms with E-state index >= 15 is 0 Å². The Kier molecular flexibility index (Phi) is 6.74.